The predicted octanol–water partition coefficient (Wildman–Crippen LogP) is 7.32. The number of hydrogen-bond donors (Lipinski definition) is 0. The number of benzene rings is 3. The van der Waals surface area contributed by atoms with Crippen LogP contribution in [0.15, 0.2) is 103 Å². The minimum atomic E-state index is 0.132. The Balaban J connectivity index is 1.58. The zero-order chi connectivity index (χ0) is 21.9. The van der Waals surface area contributed by atoms with Gasteiger partial charge in [0.15, 0.2) is 11.6 Å². The second-order valence-corrected chi connectivity index (χ2v) is 9.19. The van der Waals surface area contributed by atoms with Gasteiger partial charge in [-0.25, -0.2) is 15.0 Å². The van der Waals surface area contributed by atoms with Crippen LogP contribution < -0.4 is 0 Å². The molecule has 2 atom stereocenters. The molecular weight excluding hydrogens is 505 g/mol. The van der Waals surface area contributed by atoms with Crippen LogP contribution in [0, 0.1) is 9.49 Å². The van der Waals surface area contributed by atoms with E-state index in [4.69, 9.17) is 15.0 Å². The minimum Gasteiger partial charge on any atom is -0.212 e. The average Bonchev–Trinajstić information content (AvgIpc) is 2.85. The van der Waals surface area contributed by atoms with Crippen LogP contribution in [-0.2, 0) is 0 Å². The number of rotatable bonds is 4. The Hall–Kier alpha value is -3.12. The second kappa shape index (κ2) is 9.17. The molecule has 3 nitrogen and oxygen atoms in total. The van der Waals surface area contributed by atoms with Crippen molar-refractivity contribution >= 4 is 22.6 Å². The van der Waals surface area contributed by atoms with E-state index < -0.39 is 0 Å². The van der Waals surface area contributed by atoms with Crippen LogP contribution in [0.25, 0.3) is 33.9 Å². The maximum Gasteiger partial charge on any atom is 0.163 e. The largest absolute Gasteiger partial charge is 0.212 e. The van der Waals surface area contributed by atoms with Crippen molar-refractivity contribution in [2.45, 2.75) is 12.8 Å². The first-order chi connectivity index (χ1) is 15.7. The first-order valence-electron chi connectivity index (χ1n) is 10.7. The third kappa shape index (κ3) is 4.41. The van der Waals surface area contributed by atoms with Crippen LogP contribution in [0.1, 0.15) is 18.7 Å². The third-order valence-electron chi connectivity index (χ3n) is 5.71. The summed E-state index contributed by atoms with van der Waals surface area (Å²) in [7, 11) is 0. The highest BCUT2D eigenvalue weighted by molar-refractivity contribution is 14.1. The van der Waals surface area contributed by atoms with Crippen molar-refractivity contribution in [3.05, 3.63) is 113 Å². The zero-order valence-corrected chi connectivity index (χ0v) is 19.8. The van der Waals surface area contributed by atoms with Crippen LogP contribution in [0.3, 0.4) is 0 Å². The van der Waals surface area contributed by atoms with E-state index in [1.165, 1.54) is 14.7 Å². The van der Waals surface area contributed by atoms with Gasteiger partial charge in [0.1, 0.15) is 5.82 Å². The third-order valence-corrected chi connectivity index (χ3v) is 6.43. The highest BCUT2D eigenvalue weighted by atomic mass is 127. The molecule has 0 radical (unpaired) electrons. The lowest BCUT2D eigenvalue weighted by molar-refractivity contribution is 0.600. The summed E-state index contributed by atoms with van der Waals surface area (Å²) in [6, 6.07) is 27.2. The zero-order valence-electron chi connectivity index (χ0n) is 17.7. The molecule has 0 spiro atoms. The molecule has 0 aliphatic heterocycles. The molecule has 4 aromatic rings. The van der Waals surface area contributed by atoms with Gasteiger partial charge in [0.25, 0.3) is 0 Å². The Morgan fingerprint density at radius 3 is 1.75 bits per heavy atom. The molecule has 0 saturated heterocycles. The van der Waals surface area contributed by atoms with E-state index in [-0.39, 0.29) is 5.92 Å². The summed E-state index contributed by atoms with van der Waals surface area (Å²) in [6.45, 7) is 2.20. The quantitative estimate of drug-likeness (QED) is 0.261. The lowest BCUT2D eigenvalue weighted by Gasteiger charge is -2.20. The molecule has 156 valence electrons. The molecule has 0 saturated carbocycles. The number of halogens is 1. The molecule has 1 heterocycles. The molecule has 4 heteroatoms. The molecule has 32 heavy (non-hydrogen) atoms. The SMILES string of the molecule is CC1C=CC=CC1c1nc(-c2ccc(I)cc2)nc(-c2ccc(-c3ccccc3)cc2)n1. The van der Waals surface area contributed by atoms with Gasteiger partial charge in [-0.2, -0.15) is 0 Å². The van der Waals surface area contributed by atoms with Crippen LogP contribution in [0.2, 0.25) is 0 Å². The Kier molecular flexibility index (Phi) is 5.95. The Labute approximate surface area is 202 Å². The standard InChI is InChI=1S/C28H22IN3/c1-19-7-5-6-10-25(19)28-31-26(30-27(32-28)23-15-17-24(29)18-16-23)22-13-11-21(12-14-22)20-8-3-2-4-9-20/h2-19,25H,1H3. The first kappa shape index (κ1) is 20.8. The molecule has 1 aromatic heterocycles. The summed E-state index contributed by atoms with van der Waals surface area (Å²) >= 11 is 2.31. The van der Waals surface area contributed by atoms with Gasteiger partial charge < -0.3 is 0 Å². The Morgan fingerprint density at radius 1 is 0.594 bits per heavy atom. The number of aromatic nitrogens is 3. The fraction of sp³-hybridized carbons (Fsp3) is 0.107. The molecule has 0 bridgehead atoms. The van der Waals surface area contributed by atoms with Crippen LogP contribution in [0.5, 0.6) is 0 Å². The summed E-state index contributed by atoms with van der Waals surface area (Å²) in [6.07, 6.45) is 8.55. The summed E-state index contributed by atoms with van der Waals surface area (Å²) in [5.41, 5.74) is 4.36. The monoisotopic (exact) mass is 527 g/mol. The number of hydrogen-bond acceptors (Lipinski definition) is 3. The maximum absolute atomic E-state index is 4.91. The fourth-order valence-electron chi connectivity index (χ4n) is 3.88. The Bertz CT molecular complexity index is 1280. The van der Waals surface area contributed by atoms with E-state index in [2.05, 4.69) is 127 Å². The van der Waals surface area contributed by atoms with Gasteiger partial charge in [-0.05, 0) is 51.8 Å². The van der Waals surface area contributed by atoms with Crippen molar-refractivity contribution in [1.82, 2.24) is 15.0 Å². The van der Waals surface area contributed by atoms with E-state index in [1.54, 1.807) is 0 Å². The average molecular weight is 527 g/mol. The topological polar surface area (TPSA) is 38.7 Å². The smallest absolute Gasteiger partial charge is 0.163 e. The van der Waals surface area contributed by atoms with Crippen LogP contribution >= 0.6 is 22.6 Å². The number of allylic oxidation sites excluding steroid dienone is 4. The normalized spacial score (nSPS) is 17.4. The van der Waals surface area contributed by atoms with E-state index in [0.717, 1.165) is 17.0 Å². The molecule has 1 aliphatic rings. The van der Waals surface area contributed by atoms with Crippen molar-refractivity contribution in [2.24, 2.45) is 5.92 Å². The van der Waals surface area contributed by atoms with Gasteiger partial charge >= 0.3 is 0 Å². The van der Waals surface area contributed by atoms with Gasteiger partial charge in [0.2, 0.25) is 0 Å². The maximum atomic E-state index is 4.91. The Morgan fingerprint density at radius 2 is 1.12 bits per heavy atom. The molecule has 0 N–H and O–H groups in total. The van der Waals surface area contributed by atoms with Gasteiger partial charge in [0, 0.05) is 20.6 Å². The highest BCUT2D eigenvalue weighted by Crippen LogP contribution is 2.31. The molecule has 0 fully saturated rings. The number of nitrogens with zero attached hydrogens (tertiary/aromatic N) is 3. The predicted molar refractivity (Wildman–Crippen MR) is 139 cm³/mol. The van der Waals surface area contributed by atoms with E-state index in [0.29, 0.717) is 17.6 Å². The molecule has 1 aliphatic carbocycles. The van der Waals surface area contributed by atoms with Crippen molar-refractivity contribution in [3.63, 3.8) is 0 Å². The lowest BCUT2D eigenvalue weighted by atomic mass is 9.89. The molecule has 2 unspecified atom stereocenters. The molecular formula is C28H22IN3. The van der Waals surface area contributed by atoms with Gasteiger partial charge in [0.05, 0.1) is 0 Å². The molecule has 3 aromatic carbocycles. The summed E-state index contributed by atoms with van der Waals surface area (Å²) in [5, 5.41) is 0. The van der Waals surface area contributed by atoms with Crippen LogP contribution in [-0.4, -0.2) is 15.0 Å². The summed E-state index contributed by atoms with van der Waals surface area (Å²) < 4.78 is 1.19. The van der Waals surface area contributed by atoms with Gasteiger partial charge in [-0.1, -0.05) is 98.0 Å². The van der Waals surface area contributed by atoms with E-state index in [9.17, 15) is 0 Å². The van der Waals surface area contributed by atoms with E-state index in [1.807, 2.05) is 6.07 Å². The van der Waals surface area contributed by atoms with Gasteiger partial charge in [-0.3, -0.25) is 0 Å². The van der Waals surface area contributed by atoms with Crippen molar-refractivity contribution < 1.29 is 0 Å². The summed E-state index contributed by atoms with van der Waals surface area (Å²) in [4.78, 5) is 14.7. The minimum absolute atomic E-state index is 0.132. The van der Waals surface area contributed by atoms with Crippen molar-refractivity contribution in [1.29, 1.82) is 0 Å². The fourth-order valence-corrected chi connectivity index (χ4v) is 4.24. The molecule has 0 amide bonds. The summed E-state index contributed by atoms with van der Waals surface area (Å²) in [5.74, 6) is 2.69. The first-order valence-corrected chi connectivity index (χ1v) is 11.8. The second-order valence-electron chi connectivity index (χ2n) is 7.95. The van der Waals surface area contributed by atoms with Crippen molar-refractivity contribution in [3.8, 4) is 33.9 Å². The van der Waals surface area contributed by atoms with Gasteiger partial charge in [-0.15, -0.1) is 0 Å². The van der Waals surface area contributed by atoms with E-state index >= 15 is 0 Å². The lowest BCUT2D eigenvalue weighted by Crippen LogP contribution is -2.13. The van der Waals surface area contributed by atoms with Crippen molar-refractivity contribution in [2.75, 3.05) is 0 Å². The highest BCUT2D eigenvalue weighted by Gasteiger charge is 2.22. The van der Waals surface area contributed by atoms with Crippen LogP contribution in [0.4, 0.5) is 0 Å². The molecule has 5 rings (SSSR count).